The minimum absolute atomic E-state index is 0.0143. The number of carbonyl (C=O) groups is 1. The normalized spacial score (nSPS) is 17.9. The fourth-order valence-electron chi connectivity index (χ4n) is 3.47. The first-order valence-electron chi connectivity index (χ1n) is 9.60. The molecule has 0 N–H and O–H groups in total. The lowest BCUT2D eigenvalue weighted by molar-refractivity contribution is 0.0510. The van der Waals surface area contributed by atoms with E-state index in [0.717, 1.165) is 29.7 Å². The minimum Gasteiger partial charge on any atom is -0.497 e. The second kappa shape index (κ2) is 8.86. The summed E-state index contributed by atoms with van der Waals surface area (Å²) in [6, 6.07) is 17.4. The fourth-order valence-corrected chi connectivity index (χ4v) is 3.59. The SMILES string of the molecule is COc1ccc(/C(=N/OC(=O)c2ccc(F)cc2F)[C@@H]2C[C@@H]2c2ccc(Cl)cc2)cc1. The van der Waals surface area contributed by atoms with Gasteiger partial charge >= 0.3 is 5.97 Å². The second-order valence-electron chi connectivity index (χ2n) is 7.21. The summed E-state index contributed by atoms with van der Waals surface area (Å²) < 4.78 is 32.2. The highest BCUT2D eigenvalue weighted by molar-refractivity contribution is 6.30. The van der Waals surface area contributed by atoms with Gasteiger partial charge in [-0.1, -0.05) is 28.9 Å². The van der Waals surface area contributed by atoms with Crippen LogP contribution in [0.3, 0.4) is 0 Å². The number of hydrogen-bond donors (Lipinski definition) is 0. The maximum Gasteiger partial charge on any atom is 0.368 e. The van der Waals surface area contributed by atoms with Crippen LogP contribution in [-0.2, 0) is 4.84 Å². The average molecular weight is 442 g/mol. The van der Waals surface area contributed by atoms with E-state index in [0.29, 0.717) is 22.6 Å². The molecule has 1 fully saturated rings. The Bertz CT molecular complexity index is 1130. The highest BCUT2D eigenvalue weighted by Gasteiger charge is 2.43. The molecule has 4 rings (SSSR count). The molecule has 0 spiro atoms. The first-order chi connectivity index (χ1) is 15.0. The van der Waals surface area contributed by atoms with Gasteiger partial charge < -0.3 is 9.57 Å². The van der Waals surface area contributed by atoms with Gasteiger partial charge in [-0.3, -0.25) is 0 Å². The highest BCUT2D eigenvalue weighted by Crippen LogP contribution is 2.49. The Kier molecular flexibility index (Phi) is 6.00. The maximum absolute atomic E-state index is 13.9. The first-order valence-corrected chi connectivity index (χ1v) is 9.98. The molecule has 4 nitrogen and oxygen atoms in total. The van der Waals surface area contributed by atoms with Gasteiger partial charge in [0.2, 0.25) is 0 Å². The van der Waals surface area contributed by atoms with Crippen molar-refractivity contribution in [3.8, 4) is 5.75 Å². The van der Waals surface area contributed by atoms with E-state index < -0.39 is 17.6 Å². The lowest BCUT2D eigenvalue weighted by atomic mass is 10.0. The van der Waals surface area contributed by atoms with Gasteiger partial charge in [0, 0.05) is 17.0 Å². The third-order valence-electron chi connectivity index (χ3n) is 5.20. The molecule has 0 saturated heterocycles. The molecular weight excluding hydrogens is 424 g/mol. The molecule has 0 aliphatic heterocycles. The zero-order valence-electron chi connectivity index (χ0n) is 16.5. The number of benzene rings is 3. The number of oxime groups is 1. The van der Waals surface area contributed by atoms with E-state index in [2.05, 4.69) is 5.16 Å². The van der Waals surface area contributed by atoms with Crippen LogP contribution in [0, 0.1) is 17.6 Å². The molecule has 31 heavy (non-hydrogen) atoms. The van der Waals surface area contributed by atoms with Gasteiger partial charge in [-0.25, -0.2) is 13.6 Å². The Morgan fingerprint density at radius 3 is 2.39 bits per heavy atom. The highest BCUT2D eigenvalue weighted by atomic mass is 35.5. The van der Waals surface area contributed by atoms with E-state index in [1.165, 1.54) is 0 Å². The molecule has 3 aromatic rings. The van der Waals surface area contributed by atoms with Crippen molar-refractivity contribution in [3.05, 3.63) is 100 Å². The largest absolute Gasteiger partial charge is 0.497 e. The molecule has 0 heterocycles. The van der Waals surface area contributed by atoms with Gasteiger partial charge in [0.05, 0.1) is 18.4 Å². The number of carbonyl (C=O) groups excluding carboxylic acids is 1. The minimum atomic E-state index is -1.00. The van der Waals surface area contributed by atoms with Gasteiger partial charge in [0.25, 0.3) is 0 Å². The molecule has 0 aromatic heterocycles. The van der Waals surface area contributed by atoms with E-state index in [4.69, 9.17) is 21.2 Å². The Labute approximate surface area is 183 Å². The molecule has 1 saturated carbocycles. The molecule has 0 unspecified atom stereocenters. The van der Waals surface area contributed by atoms with Crippen LogP contribution < -0.4 is 4.74 Å². The van der Waals surface area contributed by atoms with Crippen molar-refractivity contribution in [1.82, 2.24) is 0 Å². The van der Waals surface area contributed by atoms with E-state index in [9.17, 15) is 13.6 Å². The summed E-state index contributed by atoms with van der Waals surface area (Å²) in [7, 11) is 1.57. The van der Waals surface area contributed by atoms with Crippen LogP contribution in [-0.4, -0.2) is 18.8 Å². The molecule has 3 aromatic carbocycles. The van der Waals surface area contributed by atoms with Crippen LogP contribution in [0.1, 0.15) is 33.8 Å². The Balaban J connectivity index is 1.60. The number of rotatable bonds is 6. The lowest BCUT2D eigenvalue weighted by Crippen LogP contribution is -2.10. The number of hydrogen-bond acceptors (Lipinski definition) is 4. The van der Waals surface area contributed by atoms with Gasteiger partial charge in [-0.15, -0.1) is 0 Å². The Morgan fingerprint density at radius 1 is 1.03 bits per heavy atom. The van der Waals surface area contributed by atoms with Crippen LogP contribution >= 0.6 is 11.6 Å². The Hall–Kier alpha value is -3.25. The van der Waals surface area contributed by atoms with Crippen molar-refractivity contribution < 1.29 is 23.1 Å². The molecular formula is C24H18ClF2NO3. The van der Waals surface area contributed by atoms with E-state index >= 15 is 0 Å². The topological polar surface area (TPSA) is 47.9 Å². The molecule has 0 bridgehead atoms. The average Bonchev–Trinajstić information content (AvgIpc) is 3.55. The molecule has 0 amide bonds. The summed E-state index contributed by atoms with van der Waals surface area (Å²) in [5.74, 6) is -1.89. The van der Waals surface area contributed by atoms with Crippen LogP contribution in [0.25, 0.3) is 0 Å². The number of methoxy groups -OCH3 is 1. The predicted molar refractivity (Wildman–Crippen MR) is 114 cm³/mol. The monoisotopic (exact) mass is 441 g/mol. The summed E-state index contributed by atoms with van der Waals surface area (Å²) in [6.07, 6.45) is 0.814. The van der Waals surface area contributed by atoms with Crippen molar-refractivity contribution in [1.29, 1.82) is 0 Å². The zero-order chi connectivity index (χ0) is 22.0. The fraction of sp³-hybridized carbons (Fsp3) is 0.167. The summed E-state index contributed by atoms with van der Waals surface area (Å²) in [4.78, 5) is 17.4. The van der Waals surface area contributed by atoms with E-state index in [1.54, 1.807) is 19.2 Å². The van der Waals surface area contributed by atoms with Gasteiger partial charge in [-0.2, -0.15) is 0 Å². The summed E-state index contributed by atoms with van der Waals surface area (Å²) >= 11 is 5.98. The number of ether oxygens (including phenoxy) is 1. The number of halogens is 3. The summed E-state index contributed by atoms with van der Waals surface area (Å²) in [5.41, 5.74) is 2.05. The third kappa shape index (κ3) is 4.75. The standard InChI is InChI=1S/C24H18ClF2NO3/c1-30-18-9-4-15(5-10-18)23(21-13-20(21)14-2-6-16(25)7-3-14)28-31-24(29)19-11-8-17(26)12-22(19)27/h2-12,20-21H,13H2,1H3/b28-23-/t20-,21-/m1/s1. The van der Waals surface area contributed by atoms with Crippen LogP contribution in [0.2, 0.25) is 5.02 Å². The molecule has 0 radical (unpaired) electrons. The van der Waals surface area contributed by atoms with E-state index in [1.807, 2.05) is 36.4 Å². The quantitative estimate of drug-likeness (QED) is 0.268. The third-order valence-corrected chi connectivity index (χ3v) is 5.46. The van der Waals surface area contributed by atoms with Gasteiger partial charge in [0.1, 0.15) is 17.4 Å². The molecule has 1 aliphatic carbocycles. The van der Waals surface area contributed by atoms with Crippen molar-refractivity contribution in [3.63, 3.8) is 0 Å². The van der Waals surface area contributed by atoms with Gasteiger partial charge in [-0.05, 0) is 72.0 Å². The molecule has 7 heteroatoms. The summed E-state index contributed by atoms with van der Waals surface area (Å²) in [6.45, 7) is 0. The molecule has 158 valence electrons. The summed E-state index contributed by atoms with van der Waals surface area (Å²) in [5, 5.41) is 4.74. The smallest absolute Gasteiger partial charge is 0.368 e. The molecule has 1 aliphatic rings. The van der Waals surface area contributed by atoms with Gasteiger partial charge in [0.15, 0.2) is 0 Å². The molecule has 2 atom stereocenters. The van der Waals surface area contributed by atoms with Crippen LogP contribution in [0.4, 0.5) is 8.78 Å². The van der Waals surface area contributed by atoms with E-state index in [-0.39, 0.29) is 17.4 Å². The van der Waals surface area contributed by atoms with Crippen LogP contribution in [0.15, 0.2) is 71.9 Å². The predicted octanol–water partition coefficient (Wildman–Crippen LogP) is 5.99. The van der Waals surface area contributed by atoms with Crippen molar-refractivity contribution in [2.45, 2.75) is 12.3 Å². The maximum atomic E-state index is 13.9. The van der Waals surface area contributed by atoms with Crippen molar-refractivity contribution >= 4 is 23.3 Å². The van der Waals surface area contributed by atoms with Crippen LogP contribution in [0.5, 0.6) is 5.75 Å². The lowest BCUT2D eigenvalue weighted by Gasteiger charge is -2.08. The zero-order valence-corrected chi connectivity index (χ0v) is 17.3. The Morgan fingerprint density at radius 2 is 1.74 bits per heavy atom. The number of nitrogens with zero attached hydrogens (tertiary/aromatic N) is 1. The van der Waals surface area contributed by atoms with Crippen molar-refractivity contribution in [2.75, 3.05) is 7.11 Å². The van der Waals surface area contributed by atoms with Crippen molar-refractivity contribution in [2.24, 2.45) is 11.1 Å². The second-order valence-corrected chi connectivity index (χ2v) is 7.64. The first kappa shape index (κ1) is 21.0.